The molecule has 2 atom stereocenters. The van der Waals surface area contributed by atoms with Crippen LogP contribution in [0.3, 0.4) is 0 Å². The summed E-state index contributed by atoms with van der Waals surface area (Å²) in [6, 6.07) is 9.85. The zero-order chi connectivity index (χ0) is 14.4. The number of carbonyl (C=O) groups is 2. The van der Waals surface area contributed by atoms with E-state index in [0.29, 0.717) is 19.4 Å². The van der Waals surface area contributed by atoms with Crippen LogP contribution >= 0.6 is 0 Å². The van der Waals surface area contributed by atoms with Gasteiger partial charge < -0.3 is 5.32 Å². The fourth-order valence-electron chi connectivity index (χ4n) is 2.72. The number of ketones is 1. The monoisotopic (exact) mass is 271 g/mol. The van der Waals surface area contributed by atoms with E-state index in [1.54, 1.807) is 0 Å². The summed E-state index contributed by atoms with van der Waals surface area (Å²) < 4.78 is 0. The van der Waals surface area contributed by atoms with Crippen molar-refractivity contribution in [3.8, 4) is 0 Å². The van der Waals surface area contributed by atoms with Gasteiger partial charge in [-0.2, -0.15) is 0 Å². The van der Waals surface area contributed by atoms with Crippen LogP contribution in [0.15, 0.2) is 42.5 Å². The Balaban J connectivity index is 1.95. The number of carbonyl (C=O) groups excluding carboxylic acids is 2. The van der Waals surface area contributed by atoms with Crippen molar-refractivity contribution < 1.29 is 9.59 Å². The highest BCUT2D eigenvalue weighted by Crippen LogP contribution is 2.30. The van der Waals surface area contributed by atoms with Gasteiger partial charge in [-0.25, -0.2) is 0 Å². The lowest BCUT2D eigenvalue weighted by molar-refractivity contribution is -0.125. The van der Waals surface area contributed by atoms with Crippen LogP contribution < -0.4 is 5.32 Å². The molecule has 1 aromatic carbocycles. The summed E-state index contributed by atoms with van der Waals surface area (Å²) in [5.41, 5.74) is 1.09. The molecule has 0 spiro atoms. The lowest BCUT2D eigenvalue weighted by Gasteiger charge is -2.19. The Morgan fingerprint density at radius 1 is 1.40 bits per heavy atom. The fourth-order valence-corrected chi connectivity index (χ4v) is 2.72. The van der Waals surface area contributed by atoms with E-state index in [0.717, 1.165) is 12.0 Å². The Morgan fingerprint density at radius 2 is 2.15 bits per heavy atom. The number of Topliss-reactive ketones (excluding diaryl/α,β-unsaturated/α-hetero) is 1. The average molecular weight is 271 g/mol. The minimum Gasteiger partial charge on any atom is -0.352 e. The molecule has 1 N–H and O–H groups in total. The molecule has 1 saturated carbocycles. The van der Waals surface area contributed by atoms with Crippen molar-refractivity contribution in [3.63, 3.8) is 0 Å². The number of hydrogen-bond donors (Lipinski definition) is 1. The van der Waals surface area contributed by atoms with Crippen molar-refractivity contribution in [1.82, 2.24) is 5.32 Å². The minimum absolute atomic E-state index is 0.0200. The molecule has 1 aromatic rings. The number of hydrogen-bond acceptors (Lipinski definition) is 2. The van der Waals surface area contributed by atoms with Crippen LogP contribution in [0.4, 0.5) is 0 Å². The first-order chi connectivity index (χ1) is 9.70. The van der Waals surface area contributed by atoms with Gasteiger partial charge in [0.1, 0.15) is 5.78 Å². The first kappa shape index (κ1) is 14.5. The normalized spacial score (nSPS) is 20.2. The SMILES string of the molecule is C/C=C/C(C(=O)NCc1ccccc1)C1CCC(=O)C1. The lowest BCUT2D eigenvalue weighted by atomic mass is 9.89. The van der Waals surface area contributed by atoms with Crippen molar-refractivity contribution in [1.29, 1.82) is 0 Å². The topological polar surface area (TPSA) is 46.2 Å². The molecule has 0 saturated heterocycles. The average Bonchev–Trinajstić information content (AvgIpc) is 2.89. The molecule has 106 valence electrons. The lowest BCUT2D eigenvalue weighted by Crippen LogP contribution is -2.33. The van der Waals surface area contributed by atoms with Crippen molar-refractivity contribution in [2.24, 2.45) is 11.8 Å². The molecule has 0 bridgehead atoms. The number of amides is 1. The van der Waals surface area contributed by atoms with E-state index in [1.165, 1.54) is 0 Å². The summed E-state index contributed by atoms with van der Waals surface area (Å²) in [4.78, 5) is 23.7. The molecule has 1 aliphatic carbocycles. The third-order valence-electron chi connectivity index (χ3n) is 3.80. The molecule has 0 aliphatic heterocycles. The number of rotatable bonds is 5. The second-order valence-electron chi connectivity index (χ2n) is 5.30. The van der Waals surface area contributed by atoms with Gasteiger partial charge in [0.25, 0.3) is 0 Å². The van der Waals surface area contributed by atoms with Crippen LogP contribution in [0.2, 0.25) is 0 Å². The van der Waals surface area contributed by atoms with Gasteiger partial charge >= 0.3 is 0 Å². The molecule has 1 fully saturated rings. The van der Waals surface area contributed by atoms with Gasteiger partial charge in [-0.15, -0.1) is 0 Å². The standard InChI is InChI=1S/C17H21NO2/c1-2-6-16(14-9-10-15(19)11-14)17(20)18-12-13-7-4-3-5-8-13/h2-8,14,16H,9-12H2,1H3,(H,18,20)/b6-2+. The maximum absolute atomic E-state index is 12.3. The van der Waals surface area contributed by atoms with Crippen LogP contribution in [0.5, 0.6) is 0 Å². The van der Waals surface area contributed by atoms with E-state index >= 15 is 0 Å². The summed E-state index contributed by atoms with van der Waals surface area (Å²) in [5.74, 6) is 0.275. The van der Waals surface area contributed by atoms with Crippen molar-refractivity contribution in [2.75, 3.05) is 0 Å². The zero-order valence-electron chi connectivity index (χ0n) is 11.8. The smallest absolute Gasteiger partial charge is 0.227 e. The highest BCUT2D eigenvalue weighted by Gasteiger charge is 2.32. The van der Waals surface area contributed by atoms with E-state index in [1.807, 2.05) is 49.4 Å². The zero-order valence-corrected chi connectivity index (χ0v) is 11.8. The van der Waals surface area contributed by atoms with Crippen LogP contribution in [-0.4, -0.2) is 11.7 Å². The second kappa shape index (κ2) is 7.04. The molecule has 3 heteroatoms. The van der Waals surface area contributed by atoms with Crippen molar-refractivity contribution in [3.05, 3.63) is 48.0 Å². The first-order valence-corrected chi connectivity index (χ1v) is 7.17. The molecule has 2 unspecified atom stereocenters. The highest BCUT2D eigenvalue weighted by molar-refractivity contribution is 5.85. The van der Waals surface area contributed by atoms with Crippen LogP contribution in [0.25, 0.3) is 0 Å². The number of allylic oxidation sites excluding steroid dienone is 1. The molecular formula is C17H21NO2. The van der Waals surface area contributed by atoms with E-state index in [2.05, 4.69) is 5.32 Å². The molecule has 0 aromatic heterocycles. The van der Waals surface area contributed by atoms with Gasteiger partial charge in [0.2, 0.25) is 5.91 Å². The second-order valence-corrected chi connectivity index (χ2v) is 5.30. The number of nitrogens with one attached hydrogen (secondary N) is 1. The summed E-state index contributed by atoms with van der Waals surface area (Å²) >= 11 is 0. The maximum atomic E-state index is 12.3. The molecule has 2 rings (SSSR count). The van der Waals surface area contributed by atoms with E-state index in [-0.39, 0.29) is 23.5 Å². The molecule has 0 heterocycles. The third kappa shape index (κ3) is 3.80. The fraction of sp³-hybridized carbons (Fsp3) is 0.412. The van der Waals surface area contributed by atoms with Crippen LogP contribution in [0, 0.1) is 11.8 Å². The third-order valence-corrected chi connectivity index (χ3v) is 3.80. The largest absolute Gasteiger partial charge is 0.352 e. The van der Waals surface area contributed by atoms with Crippen LogP contribution in [-0.2, 0) is 16.1 Å². The summed E-state index contributed by atoms with van der Waals surface area (Å²) in [5, 5.41) is 2.97. The molecule has 20 heavy (non-hydrogen) atoms. The molecule has 1 amide bonds. The Hall–Kier alpha value is -1.90. The summed E-state index contributed by atoms with van der Waals surface area (Å²) in [7, 11) is 0. The predicted molar refractivity (Wildman–Crippen MR) is 78.9 cm³/mol. The highest BCUT2D eigenvalue weighted by atomic mass is 16.2. The first-order valence-electron chi connectivity index (χ1n) is 7.17. The molecule has 3 nitrogen and oxygen atoms in total. The van der Waals surface area contributed by atoms with E-state index in [4.69, 9.17) is 0 Å². The van der Waals surface area contributed by atoms with Crippen LogP contribution in [0.1, 0.15) is 31.7 Å². The van der Waals surface area contributed by atoms with Gasteiger partial charge in [-0.05, 0) is 24.8 Å². The Labute approximate surface area is 120 Å². The van der Waals surface area contributed by atoms with Gasteiger partial charge in [-0.1, -0.05) is 42.5 Å². The van der Waals surface area contributed by atoms with Gasteiger partial charge in [0.15, 0.2) is 0 Å². The maximum Gasteiger partial charge on any atom is 0.227 e. The Kier molecular flexibility index (Phi) is 5.10. The predicted octanol–water partition coefficient (Wildman–Crippen LogP) is 2.86. The van der Waals surface area contributed by atoms with Gasteiger partial charge in [0.05, 0.1) is 5.92 Å². The molecule has 1 aliphatic rings. The van der Waals surface area contributed by atoms with E-state index < -0.39 is 0 Å². The number of benzene rings is 1. The van der Waals surface area contributed by atoms with Gasteiger partial charge in [0, 0.05) is 19.4 Å². The Bertz CT molecular complexity index is 493. The van der Waals surface area contributed by atoms with Crippen molar-refractivity contribution in [2.45, 2.75) is 32.7 Å². The summed E-state index contributed by atoms with van der Waals surface area (Å²) in [6.45, 7) is 2.45. The van der Waals surface area contributed by atoms with Crippen molar-refractivity contribution >= 4 is 11.7 Å². The molecule has 0 radical (unpaired) electrons. The Morgan fingerprint density at radius 3 is 2.75 bits per heavy atom. The summed E-state index contributed by atoms with van der Waals surface area (Å²) in [6.07, 6.45) is 5.80. The molecular weight excluding hydrogens is 250 g/mol. The minimum atomic E-state index is -0.185. The quantitative estimate of drug-likeness (QED) is 0.837. The van der Waals surface area contributed by atoms with E-state index in [9.17, 15) is 9.59 Å². The van der Waals surface area contributed by atoms with Gasteiger partial charge in [-0.3, -0.25) is 9.59 Å².